The number of carbonyl (C=O) groups is 1. The van der Waals surface area contributed by atoms with E-state index in [4.69, 9.17) is 5.73 Å². The van der Waals surface area contributed by atoms with E-state index in [0.717, 1.165) is 6.42 Å². The zero-order valence-electron chi connectivity index (χ0n) is 9.91. The van der Waals surface area contributed by atoms with Crippen molar-refractivity contribution in [2.24, 2.45) is 17.6 Å². The molecule has 0 aliphatic rings. The van der Waals surface area contributed by atoms with E-state index in [9.17, 15) is 9.59 Å². The minimum Gasteiger partial charge on any atom is -0.344 e. The molecule has 0 unspecified atom stereocenters. The highest BCUT2D eigenvalue weighted by atomic mass is 16.2. The summed E-state index contributed by atoms with van der Waals surface area (Å²) in [5.41, 5.74) is 5.66. The second-order valence-electron chi connectivity index (χ2n) is 4.26. The Hall–Kier alpha value is -0.900. The summed E-state index contributed by atoms with van der Waals surface area (Å²) in [7, 11) is 0. The van der Waals surface area contributed by atoms with Crippen LogP contribution in [-0.4, -0.2) is 24.3 Å². The molecule has 3 N–H and O–H groups in total. The molecule has 0 bridgehead atoms. The first-order valence-corrected chi connectivity index (χ1v) is 5.37. The molecule has 0 aromatic carbocycles. The van der Waals surface area contributed by atoms with Gasteiger partial charge < -0.3 is 11.1 Å². The molecule has 0 aromatic heterocycles. The predicted molar refractivity (Wildman–Crippen MR) is 59.9 cm³/mol. The first kappa shape index (κ1) is 14.1. The molecule has 4 nitrogen and oxygen atoms in total. The fraction of sp³-hybridized carbons (Fsp3) is 0.818. The van der Waals surface area contributed by atoms with E-state index in [-0.39, 0.29) is 17.7 Å². The lowest BCUT2D eigenvalue weighted by molar-refractivity contribution is -0.123. The predicted octanol–water partition coefficient (Wildman–Crippen LogP) is 0.610. The van der Waals surface area contributed by atoms with Crippen LogP contribution in [-0.2, 0) is 9.59 Å². The van der Waals surface area contributed by atoms with Crippen LogP contribution < -0.4 is 11.1 Å². The van der Waals surface area contributed by atoms with Crippen LogP contribution in [0.3, 0.4) is 0 Å². The van der Waals surface area contributed by atoms with Gasteiger partial charge >= 0.3 is 0 Å². The zero-order chi connectivity index (χ0) is 12.0. The number of nitrogens with one attached hydrogen (secondary N) is 1. The zero-order valence-corrected chi connectivity index (χ0v) is 9.91. The van der Waals surface area contributed by atoms with E-state index in [1.54, 1.807) is 0 Å². The van der Waals surface area contributed by atoms with Crippen molar-refractivity contribution in [2.75, 3.05) is 0 Å². The molecule has 0 aliphatic heterocycles. The molecule has 0 saturated carbocycles. The second kappa shape index (κ2) is 6.56. The average molecular weight is 213 g/mol. The number of amides is 1. The Kier molecular flexibility index (Phi) is 6.17. The highest BCUT2D eigenvalue weighted by Gasteiger charge is 2.23. The minimum atomic E-state index is -0.565. The maximum Gasteiger partial charge on any atom is 0.237 e. The van der Waals surface area contributed by atoms with Crippen LogP contribution in [0.4, 0.5) is 0 Å². The molecule has 15 heavy (non-hydrogen) atoms. The molecule has 0 heterocycles. The summed E-state index contributed by atoms with van der Waals surface area (Å²) in [5, 5.41) is 2.61. The van der Waals surface area contributed by atoms with Crippen molar-refractivity contribution in [3.8, 4) is 0 Å². The standard InChI is InChI=1S/C11H21N2O2/c1-5-8(4)9(6-14)13-11(15)10(12)7(2)3/h7-10H,5,12H2,1-4H3,(H,13,15)/t8-,9-,10-/m0/s1. The smallest absolute Gasteiger partial charge is 0.237 e. The Morgan fingerprint density at radius 1 is 1.40 bits per heavy atom. The van der Waals surface area contributed by atoms with Gasteiger partial charge in [0.1, 0.15) is 0 Å². The molecule has 0 aromatic rings. The fourth-order valence-corrected chi connectivity index (χ4v) is 1.08. The van der Waals surface area contributed by atoms with Crippen LogP contribution in [0.2, 0.25) is 0 Å². The first-order chi connectivity index (χ1) is 6.93. The Morgan fingerprint density at radius 2 is 1.93 bits per heavy atom. The maximum atomic E-state index is 11.6. The molecule has 1 amide bonds. The number of carbonyl (C=O) groups excluding carboxylic acids is 2. The highest BCUT2D eigenvalue weighted by molar-refractivity contribution is 5.84. The lowest BCUT2D eigenvalue weighted by atomic mass is 9.98. The normalized spacial score (nSPS) is 16.9. The van der Waals surface area contributed by atoms with Gasteiger partial charge in [0, 0.05) is 0 Å². The van der Waals surface area contributed by atoms with E-state index >= 15 is 0 Å². The van der Waals surface area contributed by atoms with E-state index < -0.39 is 12.1 Å². The van der Waals surface area contributed by atoms with Gasteiger partial charge in [-0.05, 0) is 11.8 Å². The molecule has 3 atom stereocenters. The first-order valence-electron chi connectivity index (χ1n) is 5.37. The van der Waals surface area contributed by atoms with Crippen molar-refractivity contribution in [1.82, 2.24) is 5.32 Å². The van der Waals surface area contributed by atoms with Gasteiger partial charge in [0.15, 0.2) is 0 Å². The van der Waals surface area contributed by atoms with Gasteiger partial charge in [0.2, 0.25) is 12.2 Å². The summed E-state index contributed by atoms with van der Waals surface area (Å²) in [6, 6.07) is -1.11. The van der Waals surface area contributed by atoms with E-state index in [1.165, 1.54) is 0 Å². The summed E-state index contributed by atoms with van der Waals surface area (Å²) in [6.45, 7) is 7.60. The topological polar surface area (TPSA) is 72.2 Å². The molecule has 87 valence electrons. The lowest BCUT2D eigenvalue weighted by Crippen LogP contribution is -2.50. The third kappa shape index (κ3) is 4.42. The molecular formula is C11H21N2O2. The largest absolute Gasteiger partial charge is 0.344 e. The van der Waals surface area contributed by atoms with Gasteiger partial charge in [-0.2, -0.15) is 0 Å². The summed E-state index contributed by atoms with van der Waals surface area (Å²) in [6.07, 6.45) is 2.66. The Labute approximate surface area is 91.6 Å². The molecule has 4 heteroatoms. The molecule has 0 aliphatic carbocycles. The maximum absolute atomic E-state index is 11.6. The fourth-order valence-electron chi connectivity index (χ4n) is 1.08. The van der Waals surface area contributed by atoms with Crippen LogP contribution in [0.25, 0.3) is 0 Å². The van der Waals surface area contributed by atoms with Crippen LogP contribution in [0.1, 0.15) is 34.1 Å². The van der Waals surface area contributed by atoms with Gasteiger partial charge in [0.05, 0.1) is 12.1 Å². The van der Waals surface area contributed by atoms with Crippen LogP contribution in [0.5, 0.6) is 0 Å². The summed E-state index contributed by atoms with van der Waals surface area (Å²) in [5.74, 6) is -0.126. The second-order valence-corrected chi connectivity index (χ2v) is 4.26. The van der Waals surface area contributed by atoms with E-state index in [1.807, 2.05) is 34.0 Å². The Bertz CT molecular complexity index is 217. The quantitative estimate of drug-likeness (QED) is 0.679. The molecule has 0 fully saturated rings. The summed E-state index contributed by atoms with van der Waals surface area (Å²) < 4.78 is 0. The van der Waals surface area contributed by atoms with Crippen LogP contribution in [0, 0.1) is 11.8 Å². The molecular weight excluding hydrogens is 192 g/mol. The average Bonchev–Trinajstić information content (AvgIpc) is 2.22. The number of hydrogen-bond acceptors (Lipinski definition) is 3. The molecule has 0 rings (SSSR count). The number of hydrogen-bond donors (Lipinski definition) is 2. The van der Waals surface area contributed by atoms with Crippen molar-refractivity contribution in [3.63, 3.8) is 0 Å². The summed E-state index contributed by atoms with van der Waals surface area (Å²) >= 11 is 0. The highest BCUT2D eigenvalue weighted by Crippen LogP contribution is 2.06. The third-order valence-electron chi connectivity index (χ3n) is 2.66. The molecule has 0 spiro atoms. The van der Waals surface area contributed by atoms with Crippen molar-refractivity contribution < 1.29 is 9.59 Å². The number of rotatable bonds is 6. The van der Waals surface area contributed by atoms with Gasteiger partial charge in [-0.3, -0.25) is 9.59 Å². The molecule has 0 saturated heterocycles. The van der Waals surface area contributed by atoms with Crippen LogP contribution in [0.15, 0.2) is 0 Å². The van der Waals surface area contributed by atoms with Gasteiger partial charge in [-0.15, -0.1) is 0 Å². The van der Waals surface area contributed by atoms with Crippen molar-refractivity contribution in [2.45, 2.75) is 46.2 Å². The summed E-state index contributed by atoms with van der Waals surface area (Å²) in [4.78, 5) is 22.2. The van der Waals surface area contributed by atoms with E-state index in [0.29, 0.717) is 0 Å². The van der Waals surface area contributed by atoms with Crippen LogP contribution >= 0.6 is 0 Å². The van der Waals surface area contributed by atoms with E-state index in [2.05, 4.69) is 5.32 Å². The Morgan fingerprint density at radius 3 is 2.27 bits per heavy atom. The SMILES string of the molecule is CC[C@H](C)[C@H]([C]=O)NC(=O)[C@@H](N)C(C)C. The Balaban J connectivity index is 4.30. The lowest BCUT2D eigenvalue weighted by Gasteiger charge is -2.21. The monoisotopic (exact) mass is 213 g/mol. The number of nitrogens with two attached hydrogens (primary N) is 1. The minimum absolute atomic E-state index is 0.0641. The van der Waals surface area contributed by atoms with Gasteiger partial charge in [-0.1, -0.05) is 34.1 Å². The van der Waals surface area contributed by atoms with Crippen molar-refractivity contribution in [1.29, 1.82) is 0 Å². The van der Waals surface area contributed by atoms with Crippen molar-refractivity contribution >= 4 is 12.2 Å². The van der Waals surface area contributed by atoms with Crippen molar-refractivity contribution in [3.05, 3.63) is 0 Å². The van der Waals surface area contributed by atoms with Gasteiger partial charge in [-0.25, -0.2) is 0 Å². The third-order valence-corrected chi connectivity index (χ3v) is 2.66. The molecule has 1 radical (unpaired) electrons. The van der Waals surface area contributed by atoms with Gasteiger partial charge in [0.25, 0.3) is 0 Å².